The summed E-state index contributed by atoms with van der Waals surface area (Å²) in [4.78, 5) is 25.2. The molecule has 2 heterocycles. The lowest BCUT2D eigenvalue weighted by Crippen LogP contribution is -2.41. The average molecular weight is 337 g/mol. The van der Waals surface area contributed by atoms with Crippen molar-refractivity contribution >= 4 is 23.3 Å². The number of benzene rings is 1. The lowest BCUT2D eigenvalue weighted by molar-refractivity contribution is 0.186. The molecule has 1 saturated heterocycles. The Morgan fingerprint density at radius 3 is 3.09 bits per heavy atom. The number of likely N-dealkylation sites (tertiary alicyclic amines) is 1. The van der Waals surface area contributed by atoms with Gasteiger partial charge in [-0.15, -0.1) is 5.10 Å². The Labute approximate surface area is 137 Å². The Bertz CT molecular complexity index is 770. The summed E-state index contributed by atoms with van der Waals surface area (Å²) in [7, 11) is 0. The number of halogens is 1. The highest BCUT2D eigenvalue weighted by molar-refractivity contribution is 6.33. The van der Waals surface area contributed by atoms with E-state index < -0.39 is 5.76 Å². The van der Waals surface area contributed by atoms with E-state index in [1.165, 1.54) is 0 Å². The van der Waals surface area contributed by atoms with Crippen molar-refractivity contribution in [3.8, 4) is 0 Å². The van der Waals surface area contributed by atoms with Crippen molar-refractivity contribution in [1.29, 1.82) is 0 Å². The van der Waals surface area contributed by atoms with Crippen LogP contribution in [0, 0.1) is 6.92 Å². The van der Waals surface area contributed by atoms with Crippen LogP contribution >= 0.6 is 11.6 Å². The van der Waals surface area contributed by atoms with Crippen LogP contribution in [0.2, 0.25) is 5.02 Å². The van der Waals surface area contributed by atoms with E-state index in [0.717, 1.165) is 18.4 Å². The number of hydrogen-bond acceptors (Lipinski definition) is 4. The number of nitrogens with zero attached hydrogens (tertiary/aromatic N) is 2. The number of rotatable bonds is 2. The van der Waals surface area contributed by atoms with E-state index in [4.69, 9.17) is 16.0 Å². The molecule has 0 aliphatic carbocycles. The largest absolute Gasteiger partial charge is 0.434 e. The fourth-order valence-corrected chi connectivity index (χ4v) is 2.87. The van der Waals surface area contributed by atoms with Gasteiger partial charge in [0, 0.05) is 13.1 Å². The number of anilines is 1. The molecule has 1 aromatic heterocycles. The summed E-state index contributed by atoms with van der Waals surface area (Å²) < 4.78 is 5.00. The highest BCUT2D eigenvalue weighted by Crippen LogP contribution is 2.27. The molecule has 0 spiro atoms. The molecule has 1 aliphatic heterocycles. The number of piperidine rings is 1. The number of amides is 2. The van der Waals surface area contributed by atoms with E-state index in [0.29, 0.717) is 29.7 Å². The van der Waals surface area contributed by atoms with Gasteiger partial charge in [-0.3, -0.25) is 0 Å². The second kappa shape index (κ2) is 6.45. The molecular weight excluding hydrogens is 320 g/mol. The van der Waals surface area contributed by atoms with Gasteiger partial charge < -0.3 is 14.6 Å². The molecular formula is C15H17ClN4O3. The first-order valence-electron chi connectivity index (χ1n) is 7.40. The zero-order valence-electron chi connectivity index (χ0n) is 12.6. The molecule has 0 unspecified atom stereocenters. The molecule has 1 aromatic carbocycles. The van der Waals surface area contributed by atoms with Gasteiger partial charge in [-0.25, -0.2) is 14.7 Å². The summed E-state index contributed by atoms with van der Waals surface area (Å²) in [5.74, 6) is -0.310. The Balaban J connectivity index is 1.69. The molecule has 8 heteroatoms. The lowest BCUT2D eigenvalue weighted by atomic mass is 9.98. The maximum absolute atomic E-state index is 12.4. The van der Waals surface area contributed by atoms with Crippen molar-refractivity contribution in [2.24, 2.45) is 0 Å². The Morgan fingerprint density at radius 1 is 1.52 bits per heavy atom. The van der Waals surface area contributed by atoms with Crippen LogP contribution < -0.4 is 11.1 Å². The molecule has 7 nitrogen and oxygen atoms in total. The second-order valence-corrected chi connectivity index (χ2v) is 6.06. The van der Waals surface area contributed by atoms with Gasteiger partial charge in [0.15, 0.2) is 0 Å². The first-order valence-corrected chi connectivity index (χ1v) is 7.78. The number of hydrogen-bond donors (Lipinski definition) is 2. The Morgan fingerprint density at radius 2 is 2.35 bits per heavy atom. The number of carbonyl (C=O) groups is 1. The topological polar surface area (TPSA) is 91.2 Å². The quantitative estimate of drug-likeness (QED) is 0.882. The van der Waals surface area contributed by atoms with Gasteiger partial charge in [-0.05, 0) is 37.5 Å². The standard InChI is InChI=1S/C15H17ClN4O3/c1-9-4-5-11(16)12(7-9)17-14(21)20-6-2-3-10(8-20)13-18-19-15(22)23-13/h4-5,7,10H,2-3,6,8H2,1H3,(H,17,21)(H,19,22)/t10-/m1/s1. The van der Waals surface area contributed by atoms with Crippen molar-refractivity contribution in [3.63, 3.8) is 0 Å². The van der Waals surface area contributed by atoms with E-state index in [9.17, 15) is 9.59 Å². The van der Waals surface area contributed by atoms with Gasteiger partial charge >= 0.3 is 11.8 Å². The Kier molecular flexibility index (Phi) is 4.38. The lowest BCUT2D eigenvalue weighted by Gasteiger charge is -2.31. The van der Waals surface area contributed by atoms with Crippen molar-refractivity contribution < 1.29 is 9.21 Å². The third-order valence-electron chi connectivity index (χ3n) is 3.88. The molecule has 0 saturated carbocycles. The van der Waals surface area contributed by atoms with Crippen molar-refractivity contribution in [3.05, 3.63) is 45.2 Å². The molecule has 2 N–H and O–H groups in total. The number of aromatic amines is 1. The molecule has 1 aliphatic rings. The summed E-state index contributed by atoms with van der Waals surface area (Å²) in [5.41, 5.74) is 1.60. The van der Waals surface area contributed by atoms with Crippen LogP contribution in [0.3, 0.4) is 0 Å². The summed E-state index contributed by atoms with van der Waals surface area (Å²) in [6.07, 6.45) is 1.64. The first kappa shape index (κ1) is 15.6. The van der Waals surface area contributed by atoms with Gasteiger partial charge in [-0.1, -0.05) is 17.7 Å². The zero-order chi connectivity index (χ0) is 16.4. The van der Waals surface area contributed by atoms with Crippen molar-refractivity contribution in [1.82, 2.24) is 15.1 Å². The van der Waals surface area contributed by atoms with Gasteiger partial charge in [0.2, 0.25) is 5.89 Å². The van der Waals surface area contributed by atoms with Gasteiger partial charge in [0.05, 0.1) is 16.6 Å². The molecule has 1 atom stereocenters. The molecule has 2 aromatic rings. The average Bonchev–Trinajstić information content (AvgIpc) is 2.97. The van der Waals surface area contributed by atoms with Crippen molar-refractivity contribution in [2.45, 2.75) is 25.7 Å². The monoisotopic (exact) mass is 336 g/mol. The minimum absolute atomic E-state index is 0.0820. The summed E-state index contributed by atoms with van der Waals surface area (Å²) in [6.45, 7) is 3.02. The molecule has 0 bridgehead atoms. The predicted octanol–water partition coefficient (Wildman–Crippen LogP) is 2.74. The summed E-state index contributed by atoms with van der Waals surface area (Å²) in [5, 5.41) is 9.44. The third-order valence-corrected chi connectivity index (χ3v) is 4.21. The van der Waals surface area contributed by atoms with Crippen LogP contribution in [-0.4, -0.2) is 34.2 Å². The van der Waals surface area contributed by atoms with E-state index in [-0.39, 0.29) is 11.9 Å². The normalized spacial score (nSPS) is 18.0. The minimum Gasteiger partial charge on any atom is -0.392 e. The SMILES string of the molecule is Cc1ccc(Cl)c(NC(=O)N2CCC[C@@H](c3n[nH]c(=O)o3)C2)c1. The molecule has 1 fully saturated rings. The van der Waals surface area contributed by atoms with Gasteiger partial charge in [0.25, 0.3) is 0 Å². The first-order chi connectivity index (χ1) is 11.0. The van der Waals surface area contributed by atoms with Crippen LogP contribution in [0.4, 0.5) is 10.5 Å². The highest BCUT2D eigenvalue weighted by atomic mass is 35.5. The maximum Gasteiger partial charge on any atom is 0.434 e. The van der Waals surface area contributed by atoms with Crippen LogP contribution in [0.25, 0.3) is 0 Å². The number of aromatic nitrogens is 2. The molecule has 3 rings (SSSR count). The maximum atomic E-state index is 12.4. The number of H-pyrrole nitrogens is 1. The summed E-state index contributed by atoms with van der Waals surface area (Å²) >= 11 is 6.11. The van der Waals surface area contributed by atoms with E-state index >= 15 is 0 Å². The van der Waals surface area contributed by atoms with Crippen LogP contribution in [0.1, 0.15) is 30.2 Å². The predicted molar refractivity (Wildman–Crippen MR) is 85.9 cm³/mol. The van der Waals surface area contributed by atoms with Crippen molar-refractivity contribution in [2.75, 3.05) is 18.4 Å². The van der Waals surface area contributed by atoms with Crippen LogP contribution in [0.15, 0.2) is 27.4 Å². The van der Waals surface area contributed by atoms with Crippen LogP contribution in [-0.2, 0) is 0 Å². The fourth-order valence-electron chi connectivity index (χ4n) is 2.71. The molecule has 0 radical (unpaired) electrons. The minimum atomic E-state index is -0.576. The smallest absolute Gasteiger partial charge is 0.392 e. The van der Waals surface area contributed by atoms with Gasteiger partial charge in [-0.2, -0.15) is 0 Å². The highest BCUT2D eigenvalue weighted by Gasteiger charge is 2.28. The molecule has 122 valence electrons. The third kappa shape index (κ3) is 3.56. The zero-order valence-corrected chi connectivity index (χ0v) is 13.4. The summed E-state index contributed by atoms with van der Waals surface area (Å²) in [6, 6.07) is 5.24. The fraction of sp³-hybridized carbons (Fsp3) is 0.400. The Hall–Kier alpha value is -2.28. The number of carbonyl (C=O) groups excluding carboxylic acids is 1. The number of nitrogens with one attached hydrogen (secondary N) is 2. The van der Waals surface area contributed by atoms with E-state index in [1.54, 1.807) is 11.0 Å². The van der Waals surface area contributed by atoms with Gasteiger partial charge in [0.1, 0.15) is 0 Å². The number of urea groups is 1. The number of aryl methyl sites for hydroxylation is 1. The van der Waals surface area contributed by atoms with E-state index in [2.05, 4.69) is 15.5 Å². The second-order valence-electron chi connectivity index (χ2n) is 5.65. The molecule has 2 amide bonds. The van der Waals surface area contributed by atoms with Crippen LogP contribution in [0.5, 0.6) is 0 Å². The van der Waals surface area contributed by atoms with E-state index in [1.807, 2.05) is 19.1 Å². The molecule has 23 heavy (non-hydrogen) atoms.